The number of esters is 1. The number of hydrogen-bond acceptors (Lipinski definition) is 5. The standard InChI is InChI=1S/C10H11NO4S.C3H8.C2H2/c1-15-9(12)6-11-16-8-4-2-7(3-5-8)10(13)14;1-3-2;1-2/h2-5,11H,6H2,1H3,(H,13,14);3H2,1-2H3;1-2H. The lowest BCUT2D eigenvalue weighted by molar-refractivity contribution is -0.139. The number of carbonyl (C=O) groups is 2. The third kappa shape index (κ3) is 11.5. The number of carboxylic acids is 1. The molecule has 0 amide bonds. The predicted octanol–water partition coefficient (Wildman–Crippen LogP) is 2.82. The Morgan fingerprint density at radius 2 is 1.71 bits per heavy atom. The van der Waals surface area contributed by atoms with Crippen LogP contribution < -0.4 is 4.72 Å². The molecule has 1 aromatic rings. The van der Waals surface area contributed by atoms with Gasteiger partial charge in [0.15, 0.2) is 0 Å². The van der Waals surface area contributed by atoms with E-state index in [1.807, 2.05) is 0 Å². The minimum absolute atomic E-state index is 0.0991. The normalized spacial score (nSPS) is 8.43. The van der Waals surface area contributed by atoms with Gasteiger partial charge in [0, 0.05) is 4.90 Å². The van der Waals surface area contributed by atoms with Crippen LogP contribution in [0.15, 0.2) is 29.2 Å². The van der Waals surface area contributed by atoms with Crippen molar-refractivity contribution in [2.24, 2.45) is 0 Å². The summed E-state index contributed by atoms with van der Waals surface area (Å²) in [5.41, 5.74) is 0.234. The summed E-state index contributed by atoms with van der Waals surface area (Å²) in [6, 6.07) is 6.34. The Hall–Kier alpha value is -1.97. The SMILES string of the molecule is C#C.CCC.COC(=O)CNSc1ccc(C(=O)O)cc1. The Morgan fingerprint density at radius 3 is 2.10 bits per heavy atom. The van der Waals surface area contributed by atoms with Crippen LogP contribution in [-0.4, -0.2) is 30.7 Å². The quantitative estimate of drug-likeness (QED) is 0.495. The van der Waals surface area contributed by atoms with Crippen molar-refractivity contribution < 1.29 is 19.4 Å². The Labute approximate surface area is 130 Å². The van der Waals surface area contributed by atoms with Gasteiger partial charge in [-0.15, -0.1) is 12.8 Å². The van der Waals surface area contributed by atoms with Crippen molar-refractivity contribution in [3.63, 3.8) is 0 Å². The van der Waals surface area contributed by atoms with Gasteiger partial charge in [-0.3, -0.25) is 4.79 Å². The van der Waals surface area contributed by atoms with Crippen LogP contribution in [0.1, 0.15) is 30.6 Å². The first-order valence-electron chi connectivity index (χ1n) is 6.18. The van der Waals surface area contributed by atoms with Crippen molar-refractivity contribution in [1.82, 2.24) is 4.72 Å². The van der Waals surface area contributed by atoms with E-state index in [1.165, 1.54) is 37.6 Å². The maximum absolute atomic E-state index is 10.8. The maximum atomic E-state index is 10.8. The smallest absolute Gasteiger partial charge is 0.335 e. The molecule has 0 radical (unpaired) electrons. The van der Waals surface area contributed by atoms with Crippen molar-refractivity contribution >= 4 is 23.9 Å². The largest absolute Gasteiger partial charge is 0.478 e. The first kappa shape index (κ1) is 21.3. The molecular weight excluding hydrogens is 290 g/mol. The van der Waals surface area contributed by atoms with Crippen molar-refractivity contribution in [2.75, 3.05) is 13.7 Å². The van der Waals surface area contributed by atoms with E-state index in [9.17, 15) is 9.59 Å². The molecule has 5 nitrogen and oxygen atoms in total. The summed E-state index contributed by atoms with van der Waals surface area (Å²) in [4.78, 5) is 22.2. The lowest BCUT2D eigenvalue weighted by atomic mass is 10.2. The van der Waals surface area contributed by atoms with Gasteiger partial charge in [0.25, 0.3) is 0 Å². The predicted molar refractivity (Wildman–Crippen MR) is 85.1 cm³/mol. The summed E-state index contributed by atoms with van der Waals surface area (Å²) >= 11 is 1.24. The number of nitrogens with one attached hydrogen (secondary N) is 1. The van der Waals surface area contributed by atoms with Crippen LogP contribution in [0.3, 0.4) is 0 Å². The van der Waals surface area contributed by atoms with E-state index in [0.29, 0.717) is 0 Å². The topological polar surface area (TPSA) is 75.6 Å². The van der Waals surface area contributed by atoms with Gasteiger partial charge >= 0.3 is 11.9 Å². The van der Waals surface area contributed by atoms with Crippen molar-refractivity contribution in [1.29, 1.82) is 0 Å². The Kier molecular flexibility index (Phi) is 14.7. The molecule has 1 rings (SSSR count). The van der Waals surface area contributed by atoms with Gasteiger partial charge in [-0.2, -0.15) is 0 Å². The van der Waals surface area contributed by atoms with Crippen LogP contribution in [0, 0.1) is 12.8 Å². The molecule has 0 saturated carbocycles. The second-order valence-electron chi connectivity index (χ2n) is 3.54. The molecule has 0 heterocycles. The molecular formula is C15H21NO4S. The van der Waals surface area contributed by atoms with Crippen molar-refractivity contribution in [2.45, 2.75) is 25.2 Å². The minimum Gasteiger partial charge on any atom is -0.478 e. The summed E-state index contributed by atoms with van der Waals surface area (Å²) in [5.74, 6) is -1.31. The molecule has 2 N–H and O–H groups in total. The molecule has 0 aliphatic heterocycles. The van der Waals surface area contributed by atoms with Crippen LogP contribution >= 0.6 is 11.9 Å². The molecule has 0 aromatic heterocycles. The molecule has 6 heteroatoms. The van der Waals surface area contributed by atoms with Crippen LogP contribution in [-0.2, 0) is 9.53 Å². The van der Waals surface area contributed by atoms with Gasteiger partial charge in [-0.1, -0.05) is 20.3 Å². The molecule has 0 aliphatic rings. The number of ether oxygens (including phenoxy) is 1. The Bertz CT molecular complexity index is 429. The van der Waals surface area contributed by atoms with E-state index in [-0.39, 0.29) is 18.1 Å². The zero-order valence-corrected chi connectivity index (χ0v) is 13.3. The lowest BCUT2D eigenvalue weighted by Crippen LogP contribution is -2.17. The molecule has 1 aromatic carbocycles. The fraction of sp³-hybridized carbons (Fsp3) is 0.333. The highest BCUT2D eigenvalue weighted by Crippen LogP contribution is 2.14. The Morgan fingerprint density at radius 1 is 1.24 bits per heavy atom. The number of rotatable bonds is 5. The third-order valence-electron chi connectivity index (χ3n) is 1.74. The fourth-order valence-electron chi connectivity index (χ4n) is 0.916. The average molecular weight is 311 g/mol. The highest BCUT2D eigenvalue weighted by molar-refractivity contribution is 7.97. The van der Waals surface area contributed by atoms with Crippen LogP contribution in [0.4, 0.5) is 0 Å². The van der Waals surface area contributed by atoms with Crippen LogP contribution in [0.25, 0.3) is 0 Å². The van der Waals surface area contributed by atoms with E-state index < -0.39 is 5.97 Å². The zero-order valence-electron chi connectivity index (χ0n) is 12.5. The van der Waals surface area contributed by atoms with Crippen molar-refractivity contribution in [3.8, 4) is 12.8 Å². The molecule has 0 bridgehead atoms. The summed E-state index contributed by atoms with van der Waals surface area (Å²) in [5, 5.41) is 8.67. The van der Waals surface area contributed by atoms with E-state index in [0.717, 1.165) is 4.90 Å². The van der Waals surface area contributed by atoms with Crippen LogP contribution in [0.2, 0.25) is 0 Å². The van der Waals surface area contributed by atoms with E-state index in [2.05, 4.69) is 36.2 Å². The number of benzene rings is 1. The minimum atomic E-state index is -0.959. The van der Waals surface area contributed by atoms with Crippen LogP contribution in [0.5, 0.6) is 0 Å². The van der Waals surface area contributed by atoms with E-state index in [1.54, 1.807) is 12.1 Å². The highest BCUT2D eigenvalue weighted by atomic mass is 32.2. The van der Waals surface area contributed by atoms with Gasteiger partial charge in [-0.25, -0.2) is 9.52 Å². The molecule has 0 aliphatic carbocycles. The number of carboxylic acid groups (broad SMARTS) is 1. The molecule has 116 valence electrons. The number of methoxy groups -OCH3 is 1. The summed E-state index contributed by atoms with van der Waals surface area (Å²) in [6.07, 6.45) is 9.25. The maximum Gasteiger partial charge on any atom is 0.335 e. The van der Waals surface area contributed by atoms with E-state index in [4.69, 9.17) is 5.11 Å². The second-order valence-corrected chi connectivity index (χ2v) is 4.50. The van der Waals surface area contributed by atoms with Gasteiger partial charge < -0.3 is 9.84 Å². The summed E-state index contributed by atoms with van der Waals surface area (Å²) in [6.45, 7) is 4.35. The summed E-state index contributed by atoms with van der Waals surface area (Å²) in [7, 11) is 1.32. The number of hydrogen-bond donors (Lipinski definition) is 2. The molecule has 21 heavy (non-hydrogen) atoms. The first-order chi connectivity index (χ1) is 10.0. The fourth-order valence-corrected chi connectivity index (χ4v) is 1.54. The average Bonchev–Trinajstić information content (AvgIpc) is 2.50. The van der Waals surface area contributed by atoms with Gasteiger partial charge in [0.1, 0.15) is 6.54 Å². The van der Waals surface area contributed by atoms with Crippen molar-refractivity contribution in [3.05, 3.63) is 29.8 Å². The monoisotopic (exact) mass is 311 g/mol. The van der Waals surface area contributed by atoms with Gasteiger partial charge in [-0.05, 0) is 36.2 Å². The van der Waals surface area contributed by atoms with E-state index >= 15 is 0 Å². The summed E-state index contributed by atoms with van der Waals surface area (Å²) < 4.78 is 7.24. The van der Waals surface area contributed by atoms with Gasteiger partial charge in [0.05, 0.1) is 12.7 Å². The number of carbonyl (C=O) groups excluding carboxylic acids is 1. The highest BCUT2D eigenvalue weighted by Gasteiger charge is 2.03. The molecule has 0 fully saturated rings. The number of aromatic carboxylic acids is 1. The molecule has 0 unspecified atom stereocenters. The Balaban J connectivity index is 0. The molecule has 0 saturated heterocycles. The number of terminal acetylenes is 1. The third-order valence-corrected chi connectivity index (χ3v) is 2.53. The zero-order chi connectivity index (χ0) is 16.7. The second kappa shape index (κ2) is 14.4. The lowest BCUT2D eigenvalue weighted by Gasteiger charge is -2.02. The van der Waals surface area contributed by atoms with Gasteiger partial charge in [0.2, 0.25) is 0 Å². The molecule has 0 spiro atoms. The molecule has 0 atom stereocenters. The first-order valence-corrected chi connectivity index (χ1v) is 6.99.